The Labute approximate surface area is 430 Å². The number of cyclic esters (lactones) is 1. The second-order valence-corrected chi connectivity index (χ2v) is 19.6. The summed E-state index contributed by atoms with van der Waals surface area (Å²) >= 11 is 12.3. The van der Waals surface area contributed by atoms with Crippen LogP contribution in [0, 0.1) is 17.8 Å². The van der Waals surface area contributed by atoms with Gasteiger partial charge in [0.05, 0.1) is 59.2 Å². The number of ketones is 2. The lowest BCUT2D eigenvalue weighted by Crippen LogP contribution is -2.59. The number of aromatic hydroxyl groups is 2. The summed E-state index contributed by atoms with van der Waals surface area (Å²) in [6, 6.07) is 0. The molecule has 20 heteroatoms. The molecule has 0 aromatic heterocycles. The number of methoxy groups -OCH3 is 1. The Morgan fingerprint density at radius 2 is 1.53 bits per heavy atom. The van der Waals surface area contributed by atoms with E-state index < -0.39 is 150 Å². The number of ether oxygens (including phenoxy) is 7. The summed E-state index contributed by atoms with van der Waals surface area (Å²) in [6.07, 6.45) is -6.60. The molecule has 3 aliphatic heterocycles. The van der Waals surface area contributed by atoms with E-state index in [1.54, 1.807) is 66.7 Å². The molecule has 3 aliphatic rings. The number of aliphatic hydroxyl groups is 5. The molecular weight excluding hydrogens is 983 g/mol. The number of benzene rings is 1. The molecule has 3 heterocycles. The monoisotopic (exact) mass is 1050 g/mol. The van der Waals surface area contributed by atoms with E-state index in [1.807, 2.05) is 13.0 Å². The highest BCUT2D eigenvalue weighted by molar-refractivity contribution is 6.39. The van der Waals surface area contributed by atoms with Gasteiger partial charge in [-0.3, -0.25) is 14.4 Å². The smallest absolute Gasteiger partial charge is 0.337 e. The SMILES string of the molecule is CCc1c(Cl)c(O)c(Cl)c(O)c1C(=O)C(O)C1C(C)OC(OC/C2=C/C=C\CC(O)/C(C)=C\C(CC)C(OC3OC(C)C(OC(=O)C(C)C)C(O)C3O)/C(C)=C\C(C)=C/CC(C(C)=O)OC2=O)C(OC)C1O. The van der Waals surface area contributed by atoms with E-state index in [0.717, 1.165) is 0 Å². The molecule has 1 aromatic rings. The van der Waals surface area contributed by atoms with E-state index in [0.29, 0.717) is 23.1 Å². The maximum absolute atomic E-state index is 13.9. The van der Waals surface area contributed by atoms with Crippen LogP contribution in [0.1, 0.15) is 104 Å². The van der Waals surface area contributed by atoms with Gasteiger partial charge in [0.15, 0.2) is 42.1 Å². The van der Waals surface area contributed by atoms with Crippen LogP contribution in [0.2, 0.25) is 10.0 Å². The molecular formula is C52H72Cl2O18. The molecule has 4 rings (SSSR count). The van der Waals surface area contributed by atoms with Gasteiger partial charge in [0.2, 0.25) is 0 Å². The Hall–Kier alpha value is -4.02. The highest BCUT2D eigenvalue weighted by atomic mass is 35.5. The Bertz CT molecular complexity index is 2250. The molecule has 0 saturated carbocycles. The fourth-order valence-corrected chi connectivity index (χ4v) is 9.39. The molecule has 72 heavy (non-hydrogen) atoms. The average Bonchev–Trinajstić information content (AvgIpc) is 3.32. The minimum Gasteiger partial charge on any atom is -0.505 e. The van der Waals surface area contributed by atoms with Crippen molar-refractivity contribution in [2.24, 2.45) is 17.8 Å². The third kappa shape index (κ3) is 14.4. The van der Waals surface area contributed by atoms with Gasteiger partial charge >= 0.3 is 11.9 Å². The van der Waals surface area contributed by atoms with Crippen molar-refractivity contribution in [3.05, 3.63) is 79.9 Å². The van der Waals surface area contributed by atoms with Crippen LogP contribution in [0.25, 0.3) is 0 Å². The summed E-state index contributed by atoms with van der Waals surface area (Å²) < 4.78 is 41.4. The first-order chi connectivity index (χ1) is 33.8. The van der Waals surface area contributed by atoms with Crippen molar-refractivity contribution in [3.8, 4) is 11.5 Å². The third-order valence-electron chi connectivity index (χ3n) is 13.2. The Morgan fingerprint density at radius 1 is 0.875 bits per heavy atom. The molecule has 18 nitrogen and oxygen atoms in total. The van der Waals surface area contributed by atoms with Gasteiger partial charge in [-0.1, -0.05) is 86.9 Å². The summed E-state index contributed by atoms with van der Waals surface area (Å²) in [5, 5.41) is 76.9. The van der Waals surface area contributed by atoms with Gasteiger partial charge in [-0.15, -0.1) is 0 Å². The van der Waals surface area contributed by atoms with Crippen LogP contribution in [0.4, 0.5) is 0 Å². The predicted molar refractivity (Wildman–Crippen MR) is 264 cm³/mol. The van der Waals surface area contributed by atoms with Gasteiger partial charge in [0.25, 0.3) is 0 Å². The Kier molecular flexibility index (Phi) is 22.7. The molecule has 2 saturated heterocycles. The van der Waals surface area contributed by atoms with Crippen LogP contribution >= 0.6 is 23.2 Å². The molecule has 0 spiro atoms. The van der Waals surface area contributed by atoms with Crippen LogP contribution in [0.3, 0.4) is 0 Å². The molecule has 402 valence electrons. The standard InChI is InChI=1S/C52H72Cl2O18/c1-12-30-21-25(6)33(56)17-15-14-16-31(22-67-52-48(66-11)42(60)35(28(9)68-52)40(58)41(59)36-32(13-2)37(53)43(61)38(54)39(36)57)50(65)70-34(27(8)55)19-18-24(5)20-26(7)46(30)72-51-45(63)44(62)47(29(10)69-51)71-49(64)23(3)4/h14-16,18,20-21,23,28-30,33-35,40,42,44-48,51-52,56-58,60-63H,12-13,17,19,22H2,1-11H3/b15-14-,24-18-,25-21-,26-20-,31-16-. The lowest BCUT2D eigenvalue weighted by atomic mass is 9.81. The van der Waals surface area contributed by atoms with E-state index in [1.165, 1.54) is 33.1 Å². The second kappa shape index (κ2) is 27.0. The number of hydrogen-bond donors (Lipinski definition) is 7. The zero-order chi connectivity index (χ0) is 54.0. The Balaban J connectivity index is 1.61. The first kappa shape index (κ1) is 60.5. The van der Waals surface area contributed by atoms with Crippen LogP contribution in [0.5, 0.6) is 11.5 Å². The number of hydrogen-bond acceptors (Lipinski definition) is 18. The maximum Gasteiger partial charge on any atom is 0.337 e. The summed E-state index contributed by atoms with van der Waals surface area (Å²) in [7, 11) is 1.23. The number of carbonyl (C=O) groups excluding carboxylic acids is 4. The van der Waals surface area contributed by atoms with Crippen LogP contribution < -0.4 is 0 Å². The van der Waals surface area contributed by atoms with Gasteiger partial charge in [-0.2, -0.15) is 0 Å². The fraction of sp³-hybridized carbons (Fsp3) is 0.615. The number of rotatable bonds is 14. The number of allylic oxidation sites excluding steroid dienone is 4. The van der Waals surface area contributed by atoms with E-state index >= 15 is 0 Å². The molecule has 0 aliphatic carbocycles. The number of phenols is 2. The molecule has 2 fully saturated rings. The zero-order valence-electron chi connectivity index (χ0n) is 42.6. The van der Waals surface area contributed by atoms with Crippen LogP contribution in [-0.4, -0.2) is 153 Å². The van der Waals surface area contributed by atoms with Crippen molar-refractivity contribution in [2.75, 3.05) is 13.7 Å². The van der Waals surface area contributed by atoms with Crippen molar-refractivity contribution in [2.45, 2.75) is 175 Å². The molecule has 0 amide bonds. The molecule has 0 radical (unpaired) electrons. The molecule has 15 atom stereocenters. The average molecular weight is 1060 g/mol. The molecule has 7 N–H and O–H groups in total. The lowest BCUT2D eigenvalue weighted by Gasteiger charge is -2.44. The first-order valence-corrected chi connectivity index (χ1v) is 24.8. The van der Waals surface area contributed by atoms with Gasteiger partial charge in [0.1, 0.15) is 35.2 Å². The van der Waals surface area contributed by atoms with Gasteiger partial charge in [-0.05, 0) is 83.6 Å². The topological polar surface area (TPSA) is 274 Å². The van der Waals surface area contributed by atoms with Crippen molar-refractivity contribution >= 4 is 46.7 Å². The number of phenolic OH excluding ortho intramolecular Hbond substituents is 2. The van der Waals surface area contributed by atoms with Crippen LogP contribution in [0.15, 0.2) is 58.7 Å². The fourth-order valence-electron chi connectivity index (χ4n) is 8.83. The number of Topliss-reactive ketones (excluding diaryl/α,β-unsaturated/α-hetero) is 2. The van der Waals surface area contributed by atoms with E-state index in [4.69, 9.17) is 56.4 Å². The highest BCUT2D eigenvalue weighted by Crippen LogP contribution is 2.46. The Morgan fingerprint density at radius 3 is 2.12 bits per heavy atom. The number of esters is 2. The minimum absolute atomic E-state index is 0.0165. The normalized spacial score (nSPS) is 35.1. The minimum atomic E-state index is -2.01. The summed E-state index contributed by atoms with van der Waals surface area (Å²) in [6.45, 7) is 16.0. The number of halogens is 2. The third-order valence-corrected chi connectivity index (χ3v) is 14.0. The summed E-state index contributed by atoms with van der Waals surface area (Å²) in [5.74, 6) is -6.72. The van der Waals surface area contributed by atoms with Gasteiger partial charge in [0, 0.05) is 25.4 Å². The van der Waals surface area contributed by atoms with E-state index in [-0.39, 0.29) is 35.4 Å². The predicted octanol–water partition coefficient (Wildman–Crippen LogP) is 5.69. The molecule has 15 unspecified atom stereocenters. The summed E-state index contributed by atoms with van der Waals surface area (Å²) in [5.41, 5.74) is 1.36. The van der Waals surface area contributed by atoms with Gasteiger partial charge < -0.3 is 68.9 Å². The summed E-state index contributed by atoms with van der Waals surface area (Å²) in [4.78, 5) is 53.1. The largest absolute Gasteiger partial charge is 0.505 e. The van der Waals surface area contributed by atoms with Crippen LogP contribution in [-0.2, 0) is 54.0 Å². The van der Waals surface area contributed by atoms with Crippen molar-refractivity contribution in [3.63, 3.8) is 0 Å². The number of aliphatic hydroxyl groups excluding tert-OH is 5. The molecule has 1 aromatic carbocycles. The highest BCUT2D eigenvalue weighted by Gasteiger charge is 2.50. The first-order valence-electron chi connectivity index (χ1n) is 24.1. The van der Waals surface area contributed by atoms with Gasteiger partial charge in [-0.25, -0.2) is 4.79 Å². The second-order valence-electron chi connectivity index (χ2n) is 18.9. The van der Waals surface area contributed by atoms with E-state index in [9.17, 15) is 54.9 Å². The van der Waals surface area contributed by atoms with Crippen molar-refractivity contribution in [1.82, 2.24) is 0 Å². The van der Waals surface area contributed by atoms with Crippen molar-refractivity contribution < 1.29 is 88.1 Å². The maximum atomic E-state index is 13.9. The van der Waals surface area contributed by atoms with Crippen molar-refractivity contribution in [1.29, 1.82) is 0 Å². The lowest BCUT2D eigenvalue weighted by molar-refractivity contribution is -0.305. The molecule has 0 bridgehead atoms. The number of carbonyl (C=O) groups is 4. The van der Waals surface area contributed by atoms with E-state index in [2.05, 4.69) is 0 Å². The zero-order valence-corrected chi connectivity index (χ0v) is 44.1. The quantitative estimate of drug-likeness (QED) is 0.0670.